The Morgan fingerprint density at radius 2 is 1.64 bits per heavy atom. The van der Waals surface area contributed by atoms with Gasteiger partial charge in [0.1, 0.15) is 17.3 Å². The van der Waals surface area contributed by atoms with E-state index in [9.17, 15) is 4.79 Å². The van der Waals surface area contributed by atoms with Crippen LogP contribution in [0.15, 0.2) is 54.6 Å². The Morgan fingerprint density at radius 3 is 2.29 bits per heavy atom. The van der Waals surface area contributed by atoms with Gasteiger partial charge in [0.2, 0.25) is 0 Å². The maximum absolute atomic E-state index is 12.6. The van der Waals surface area contributed by atoms with Gasteiger partial charge >= 0.3 is 0 Å². The number of benzene rings is 2. The fourth-order valence-corrected chi connectivity index (χ4v) is 2.71. The summed E-state index contributed by atoms with van der Waals surface area (Å²) in [5.41, 5.74) is 4.49. The van der Waals surface area contributed by atoms with E-state index in [2.05, 4.69) is 51.8 Å². The van der Waals surface area contributed by atoms with Gasteiger partial charge in [-0.05, 0) is 43.7 Å². The molecule has 2 N–H and O–H groups in total. The molecule has 0 radical (unpaired) electrons. The molecule has 0 fully saturated rings. The maximum atomic E-state index is 12.6. The van der Waals surface area contributed by atoms with Crippen molar-refractivity contribution >= 4 is 23.1 Å². The first-order valence-corrected chi connectivity index (χ1v) is 9.14. The number of hydrogen-bond donors (Lipinski definition) is 2. The van der Waals surface area contributed by atoms with Gasteiger partial charge in [0, 0.05) is 38.1 Å². The summed E-state index contributed by atoms with van der Waals surface area (Å²) in [7, 11) is 3.95. The quantitative estimate of drug-likeness (QED) is 0.681. The molecule has 144 valence electrons. The molecule has 0 spiro atoms. The standard InChI is InChI=1S/C22H25N5O/c1-15-5-7-17(8-6-15)14-23-21-13-20(24-16(2)25-21)22(28)26-18-9-11-19(12-10-18)27(3)4/h5-13H,14H2,1-4H3,(H,26,28)(H,23,24,25). The van der Waals surface area contributed by atoms with Gasteiger partial charge in [-0.3, -0.25) is 4.79 Å². The summed E-state index contributed by atoms with van der Waals surface area (Å²) < 4.78 is 0. The second-order valence-corrected chi connectivity index (χ2v) is 6.92. The van der Waals surface area contributed by atoms with E-state index < -0.39 is 0 Å². The molecule has 1 aromatic heterocycles. The predicted molar refractivity (Wildman–Crippen MR) is 114 cm³/mol. The van der Waals surface area contributed by atoms with Crippen molar-refractivity contribution in [2.24, 2.45) is 0 Å². The number of carbonyl (C=O) groups is 1. The number of aromatic nitrogens is 2. The second kappa shape index (κ2) is 8.52. The molecule has 0 atom stereocenters. The highest BCUT2D eigenvalue weighted by molar-refractivity contribution is 6.03. The molecular formula is C22H25N5O. The van der Waals surface area contributed by atoms with Crippen molar-refractivity contribution in [3.63, 3.8) is 0 Å². The summed E-state index contributed by atoms with van der Waals surface area (Å²) >= 11 is 0. The Hall–Kier alpha value is -3.41. The third-order valence-corrected chi connectivity index (χ3v) is 4.31. The molecule has 0 unspecified atom stereocenters. The Bertz CT molecular complexity index is 950. The molecule has 1 amide bonds. The minimum Gasteiger partial charge on any atom is -0.378 e. The summed E-state index contributed by atoms with van der Waals surface area (Å²) in [6.45, 7) is 4.47. The molecule has 2 aromatic carbocycles. The minimum atomic E-state index is -0.263. The van der Waals surface area contributed by atoms with Crippen LogP contribution in [0.5, 0.6) is 0 Å². The van der Waals surface area contributed by atoms with Crippen molar-refractivity contribution in [1.82, 2.24) is 9.97 Å². The van der Waals surface area contributed by atoms with Crippen molar-refractivity contribution in [3.05, 3.63) is 77.2 Å². The Balaban J connectivity index is 1.69. The molecule has 6 nitrogen and oxygen atoms in total. The summed E-state index contributed by atoms with van der Waals surface area (Å²) in [5, 5.41) is 6.15. The summed E-state index contributed by atoms with van der Waals surface area (Å²) in [6, 6.07) is 17.6. The van der Waals surface area contributed by atoms with Gasteiger partial charge < -0.3 is 15.5 Å². The SMILES string of the molecule is Cc1ccc(CNc2cc(C(=O)Nc3ccc(N(C)C)cc3)nc(C)n2)cc1. The molecule has 28 heavy (non-hydrogen) atoms. The molecular weight excluding hydrogens is 350 g/mol. The van der Waals surface area contributed by atoms with Crippen LogP contribution in [-0.4, -0.2) is 30.0 Å². The lowest BCUT2D eigenvalue weighted by Gasteiger charge is -2.13. The number of nitrogens with zero attached hydrogens (tertiary/aromatic N) is 3. The van der Waals surface area contributed by atoms with Crippen LogP contribution in [0.4, 0.5) is 17.2 Å². The number of carbonyl (C=O) groups excluding carboxylic acids is 1. The number of hydrogen-bond acceptors (Lipinski definition) is 5. The Labute approximate surface area is 165 Å². The van der Waals surface area contributed by atoms with Crippen LogP contribution < -0.4 is 15.5 Å². The highest BCUT2D eigenvalue weighted by Gasteiger charge is 2.11. The van der Waals surface area contributed by atoms with E-state index in [4.69, 9.17) is 0 Å². The van der Waals surface area contributed by atoms with Gasteiger partial charge in [-0.2, -0.15) is 0 Å². The molecule has 3 aromatic rings. The van der Waals surface area contributed by atoms with Crippen molar-refractivity contribution in [2.75, 3.05) is 29.6 Å². The van der Waals surface area contributed by atoms with Crippen LogP contribution >= 0.6 is 0 Å². The smallest absolute Gasteiger partial charge is 0.274 e. The molecule has 6 heteroatoms. The number of aryl methyl sites for hydroxylation is 2. The molecule has 0 saturated heterocycles. The van der Waals surface area contributed by atoms with Gasteiger partial charge in [0.15, 0.2) is 0 Å². The number of rotatable bonds is 6. The van der Waals surface area contributed by atoms with E-state index in [1.54, 1.807) is 13.0 Å². The predicted octanol–water partition coefficient (Wildman–Crippen LogP) is 4.02. The summed E-state index contributed by atoms with van der Waals surface area (Å²) in [6.07, 6.45) is 0. The average Bonchev–Trinajstić information content (AvgIpc) is 2.67. The van der Waals surface area contributed by atoms with E-state index in [1.807, 2.05) is 43.3 Å². The Morgan fingerprint density at radius 1 is 0.964 bits per heavy atom. The molecule has 0 saturated carbocycles. The third kappa shape index (κ3) is 5.07. The van der Waals surface area contributed by atoms with Crippen molar-refractivity contribution < 1.29 is 4.79 Å². The molecule has 0 aliphatic rings. The van der Waals surface area contributed by atoms with Crippen LogP contribution in [-0.2, 0) is 6.54 Å². The van der Waals surface area contributed by atoms with E-state index in [0.29, 0.717) is 23.9 Å². The lowest BCUT2D eigenvalue weighted by atomic mass is 10.1. The van der Waals surface area contributed by atoms with E-state index in [0.717, 1.165) is 16.9 Å². The summed E-state index contributed by atoms with van der Waals surface area (Å²) in [5.74, 6) is 0.907. The zero-order valence-corrected chi connectivity index (χ0v) is 16.7. The van der Waals surface area contributed by atoms with Gasteiger partial charge in [0.05, 0.1) is 0 Å². The van der Waals surface area contributed by atoms with E-state index in [-0.39, 0.29) is 5.91 Å². The van der Waals surface area contributed by atoms with E-state index >= 15 is 0 Å². The number of nitrogens with one attached hydrogen (secondary N) is 2. The van der Waals surface area contributed by atoms with Crippen LogP contribution in [0.25, 0.3) is 0 Å². The zero-order valence-electron chi connectivity index (χ0n) is 16.7. The first-order valence-electron chi connectivity index (χ1n) is 9.14. The molecule has 0 aliphatic heterocycles. The van der Waals surface area contributed by atoms with Gasteiger partial charge in [-0.25, -0.2) is 9.97 Å². The molecule has 1 heterocycles. The molecule has 0 aliphatic carbocycles. The number of anilines is 3. The largest absolute Gasteiger partial charge is 0.378 e. The molecule has 3 rings (SSSR count). The van der Waals surface area contributed by atoms with Crippen LogP contribution in [0.1, 0.15) is 27.4 Å². The first kappa shape index (κ1) is 19.4. The topological polar surface area (TPSA) is 70.2 Å². The molecule has 0 bridgehead atoms. The van der Waals surface area contributed by atoms with Crippen LogP contribution in [0.2, 0.25) is 0 Å². The van der Waals surface area contributed by atoms with Crippen molar-refractivity contribution in [1.29, 1.82) is 0 Å². The highest BCUT2D eigenvalue weighted by atomic mass is 16.1. The van der Waals surface area contributed by atoms with Gasteiger partial charge in [0.25, 0.3) is 5.91 Å². The summed E-state index contributed by atoms with van der Waals surface area (Å²) in [4.78, 5) is 23.3. The normalized spacial score (nSPS) is 10.4. The Kier molecular flexibility index (Phi) is 5.89. The van der Waals surface area contributed by atoms with Crippen molar-refractivity contribution in [2.45, 2.75) is 20.4 Å². The van der Waals surface area contributed by atoms with E-state index in [1.165, 1.54) is 5.56 Å². The second-order valence-electron chi connectivity index (χ2n) is 6.92. The number of amides is 1. The van der Waals surface area contributed by atoms with Gasteiger partial charge in [-0.1, -0.05) is 29.8 Å². The average molecular weight is 375 g/mol. The lowest BCUT2D eigenvalue weighted by Crippen LogP contribution is -2.16. The first-order chi connectivity index (χ1) is 13.4. The minimum absolute atomic E-state index is 0.263. The highest BCUT2D eigenvalue weighted by Crippen LogP contribution is 2.17. The van der Waals surface area contributed by atoms with Gasteiger partial charge in [-0.15, -0.1) is 0 Å². The third-order valence-electron chi connectivity index (χ3n) is 4.31. The van der Waals surface area contributed by atoms with Crippen molar-refractivity contribution in [3.8, 4) is 0 Å². The lowest BCUT2D eigenvalue weighted by molar-refractivity contribution is 0.102. The van der Waals surface area contributed by atoms with Crippen LogP contribution in [0.3, 0.4) is 0 Å². The monoisotopic (exact) mass is 375 g/mol. The maximum Gasteiger partial charge on any atom is 0.274 e. The fourth-order valence-electron chi connectivity index (χ4n) is 2.71. The zero-order chi connectivity index (χ0) is 20.1. The fraction of sp³-hybridized carbons (Fsp3) is 0.227. The van der Waals surface area contributed by atoms with Crippen LogP contribution in [0, 0.1) is 13.8 Å².